The third-order valence-corrected chi connectivity index (χ3v) is 5.35. The molecule has 0 aliphatic carbocycles. The lowest BCUT2D eigenvalue weighted by atomic mass is 10.2. The van der Waals surface area contributed by atoms with Crippen LogP contribution in [0.15, 0.2) is 59.8 Å². The maximum atomic E-state index is 13.0. The van der Waals surface area contributed by atoms with Crippen molar-refractivity contribution in [3.8, 4) is 11.5 Å². The number of amides is 1. The van der Waals surface area contributed by atoms with Crippen molar-refractivity contribution in [2.75, 3.05) is 38.2 Å². The van der Waals surface area contributed by atoms with Crippen molar-refractivity contribution in [2.45, 2.75) is 6.61 Å². The summed E-state index contributed by atoms with van der Waals surface area (Å²) in [5.41, 5.74) is 0.880. The van der Waals surface area contributed by atoms with Gasteiger partial charge in [-0.3, -0.25) is 9.59 Å². The van der Waals surface area contributed by atoms with Crippen molar-refractivity contribution in [3.63, 3.8) is 0 Å². The van der Waals surface area contributed by atoms with Crippen molar-refractivity contribution in [1.82, 2.24) is 19.4 Å². The number of piperazine rings is 1. The van der Waals surface area contributed by atoms with E-state index in [4.69, 9.17) is 9.47 Å². The fourth-order valence-electron chi connectivity index (χ4n) is 3.58. The molecule has 1 aromatic carbocycles. The maximum absolute atomic E-state index is 13.0. The summed E-state index contributed by atoms with van der Waals surface area (Å²) in [6, 6.07) is 10.6. The summed E-state index contributed by atoms with van der Waals surface area (Å²) in [7, 11) is 3.33. The number of nitrogens with zero attached hydrogens (tertiary/aromatic N) is 5. The highest BCUT2D eigenvalue weighted by molar-refractivity contribution is 5.92. The largest absolute Gasteiger partial charge is 0.497 e. The van der Waals surface area contributed by atoms with E-state index in [0.717, 1.165) is 11.3 Å². The number of methoxy groups -OCH3 is 1. The number of benzene rings is 1. The van der Waals surface area contributed by atoms with Gasteiger partial charge in [0.2, 0.25) is 11.4 Å². The van der Waals surface area contributed by atoms with E-state index in [1.807, 2.05) is 29.2 Å². The average molecular weight is 435 g/mol. The highest BCUT2D eigenvalue weighted by Gasteiger charge is 2.25. The van der Waals surface area contributed by atoms with Gasteiger partial charge in [-0.05, 0) is 23.8 Å². The van der Waals surface area contributed by atoms with Crippen LogP contribution in [0.4, 0.5) is 5.95 Å². The lowest BCUT2D eigenvalue weighted by Crippen LogP contribution is -2.49. The zero-order valence-electron chi connectivity index (χ0n) is 18.1. The van der Waals surface area contributed by atoms with E-state index < -0.39 is 0 Å². The minimum atomic E-state index is -0.328. The molecule has 0 radical (unpaired) electrons. The Bertz CT molecular complexity index is 1140. The highest BCUT2D eigenvalue weighted by Crippen LogP contribution is 2.16. The molecule has 0 spiro atoms. The number of hydrogen-bond acceptors (Lipinski definition) is 7. The molecule has 166 valence electrons. The molecule has 2 aromatic heterocycles. The van der Waals surface area contributed by atoms with Crippen LogP contribution in [0.2, 0.25) is 0 Å². The van der Waals surface area contributed by atoms with Gasteiger partial charge in [-0.25, -0.2) is 9.97 Å². The summed E-state index contributed by atoms with van der Waals surface area (Å²) >= 11 is 0. The third kappa shape index (κ3) is 4.72. The van der Waals surface area contributed by atoms with Gasteiger partial charge in [0.1, 0.15) is 18.1 Å². The number of aryl methyl sites for hydroxylation is 1. The molecule has 1 amide bonds. The highest BCUT2D eigenvalue weighted by atomic mass is 16.5. The Morgan fingerprint density at radius 1 is 1.06 bits per heavy atom. The second-order valence-electron chi connectivity index (χ2n) is 7.47. The fourth-order valence-corrected chi connectivity index (χ4v) is 3.58. The van der Waals surface area contributed by atoms with E-state index >= 15 is 0 Å². The van der Waals surface area contributed by atoms with Gasteiger partial charge in [-0.15, -0.1) is 0 Å². The number of aromatic nitrogens is 3. The van der Waals surface area contributed by atoms with Crippen molar-refractivity contribution < 1.29 is 14.3 Å². The van der Waals surface area contributed by atoms with Crippen LogP contribution in [0.1, 0.15) is 16.1 Å². The Morgan fingerprint density at radius 2 is 1.81 bits per heavy atom. The molecule has 0 bridgehead atoms. The second-order valence-corrected chi connectivity index (χ2v) is 7.47. The fraction of sp³-hybridized carbons (Fsp3) is 0.304. The number of ether oxygens (including phenoxy) is 2. The molecule has 0 unspecified atom stereocenters. The van der Waals surface area contributed by atoms with Crippen LogP contribution in [-0.2, 0) is 13.7 Å². The maximum Gasteiger partial charge on any atom is 0.270 e. The minimum absolute atomic E-state index is 0.183. The van der Waals surface area contributed by atoms with Crippen molar-refractivity contribution in [2.24, 2.45) is 7.05 Å². The smallest absolute Gasteiger partial charge is 0.270 e. The van der Waals surface area contributed by atoms with E-state index in [1.165, 1.54) is 6.07 Å². The molecule has 1 fully saturated rings. The SMILES string of the molecule is COc1cccc(COc2cn(C)c(C(=O)N3CCN(c4ncccn4)CC3)cc2=O)c1. The van der Waals surface area contributed by atoms with Crippen molar-refractivity contribution >= 4 is 11.9 Å². The summed E-state index contributed by atoms with van der Waals surface area (Å²) in [6.07, 6.45) is 4.96. The summed E-state index contributed by atoms with van der Waals surface area (Å²) in [4.78, 5) is 37.9. The molecule has 1 aliphatic rings. The second kappa shape index (κ2) is 9.51. The van der Waals surface area contributed by atoms with Crippen LogP contribution in [-0.4, -0.2) is 58.6 Å². The van der Waals surface area contributed by atoms with E-state index in [2.05, 4.69) is 9.97 Å². The molecular weight excluding hydrogens is 410 g/mol. The minimum Gasteiger partial charge on any atom is -0.497 e. The Hall–Kier alpha value is -3.88. The molecule has 1 saturated heterocycles. The van der Waals surface area contributed by atoms with E-state index in [1.54, 1.807) is 48.3 Å². The van der Waals surface area contributed by atoms with Gasteiger partial charge >= 0.3 is 0 Å². The third-order valence-electron chi connectivity index (χ3n) is 5.35. The monoisotopic (exact) mass is 435 g/mol. The van der Waals surface area contributed by atoms with Crippen LogP contribution in [0.25, 0.3) is 0 Å². The molecule has 1 aliphatic heterocycles. The van der Waals surface area contributed by atoms with E-state index in [9.17, 15) is 9.59 Å². The zero-order chi connectivity index (χ0) is 22.5. The molecule has 0 saturated carbocycles. The number of hydrogen-bond donors (Lipinski definition) is 0. The van der Waals surface area contributed by atoms with E-state index in [-0.39, 0.29) is 23.7 Å². The summed E-state index contributed by atoms with van der Waals surface area (Å²) in [5.74, 6) is 1.39. The van der Waals surface area contributed by atoms with Crippen molar-refractivity contribution in [1.29, 1.82) is 0 Å². The van der Waals surface area contributed by atoms with Crippen molar-refractivity contribution in [3.05, 3.63) is 76.5 Å². The van der Waals surface area contributed by atoms with Gasteiger partial charge in [-0.1, -0.05) is 12.1 Å². The summed E-state index contributed by atoms with van der Waals surface area (Å²) < 4.78 is 12.6. The lowest BCUT2D eigenvalue weighted by molar-refractivity contribution is 0.0735. The number of pyridine rings is 1. The standard InChI is InChI=1S/C23H25N5O4/c1-26-15-21(32-16-17-5-3-6-18(13-17)31-2)20(29)14-19(26)22(30)27-9-11-28(12-10-27)23-24-7-4-8-25-23/h3-8,13-15H,9-12,16H2,1-2H3. The molecule has 3 aromatic rings. The molecule has 3 heterocycles. The average Bonchev–Trinajstić information content (AvgIpc) is 2.84. The quantitative estimate of drug-likeness (QED) is 0.582. The molecule has 9 heteroatoms. The molecule has 4 rings (SSSR count). The number of rotatable bonds is 6. The van der Waals surface area contributed by atoms with Crippen LogP contribution >= 0.6 is 0 Å². The first-order chi connectivity index (χ1) is 15.5. The van der Waals surface area contributed by atoms with Gasteiger partial charge in [-0.2, -0.15) is 0 Å². The topological polar surface area (TPSA) is 89.8 Å². The number of carbonyl (C=O) groups is 1. The Morgan fingerprint density at radius 3 is 2.53 bits per heavy atom. The zero-order valence-corrected chi connectivity index (χ0v) is 18.1. The summed E-state index contributed by atoms with van der Waals surface area (Å²) in [5, 5.41) is 0. The van der Waals surface area contributed by atoms with Gasteiger partial charge in [0.05, 0.1) is 13.3 Å². The van der Waals surface area contributed by atoms with Crippen LogP contribution in [0, 0.1) is 0 Å². The summed E-state index contributed by atoms with van der Waals surface area (Å²) in [6.45, 7) is 2.54. The molecule has 0 atom stereocenters. The Kier molecular flexibility index (Phi) is 6.34. The lowest BCUT2D eigenvalue weighted by Gasteiger charge is -2.34. The van der Waals surface area contributed by atoms with Gasteiger partial charge in [0, 0.05) is 51.7 Å². The predicted molar refractivity (Wildman–Crippen MR) is 119 cm³/mol. The van der Waals surface area contributed by atoms with Crippen LogP contribution in [0.3, 0.4) is 0 Å². The Balaban J connectivity index is 1.41. The van der Waals surface area contributed by atoms with Gasteiger partial charge in [0.25, 0.3) is 5.91 Å². The van der Waals surface area contributed by atoms with Crippen LogP contribution in [0.5, 0.6) is 11.5 Å². The van der Waals surface area contributed by atoms with E-state index in [0.29, 0.717) is 37.8 Å². The van der Waals surface area contributed by atoms with Gasteiger partial charge in [0.15, 0.2) is 5.75 Å². The predicted octanol–water partition coefficient (Wildman–Crippen LogP) is 1.73. The van der Waals surface area contributed by atoms with Crippen LogP contribution < -0.4 is 19.8 Å². The first-order valence-electron chi connectivity index (χ1n) is 10.3. The first kappa shape index (κ1) is 21.4. The Labute approximate surface area is 185 Å². The molecule has 0 N–H and O–H groups in total. The van der Waals surface area contributed by atoms with Gasteiger partial charge < -0.3 is 23.8 Å². The normalized spacial score (nSPS) is 13.7. The number of anilines is 1. The molecular formula is C23H25N5O4. The molecule has 32 heavy (non-hydrogen) atoms. The molecule has 9 nitrogen and oxygen atoms in total. The first-order valence-corrected chi connectivity index (χ1v) is 10.3. The number of carbonyl (C=O) groups excluding carboxylic acids is 1.